The van der Waals surface area contributed by atoms with Crippen molar-refractivity contribution in [1.29, 1.82) is 0 Å². The summed E-state index contributed by atoms with van der Waals surface area (Å²) in [6.07, 6.45) is 5.32. The van der Waals surface area contributed by atoms with Gasteiger partial charge in [0.2, 0.25) is 11.8 Å². The van der Waals surface area contributed by atoms with Crippen molar-refractivity contribution in [2.75, 3.05) is 45.6 Å². The van der Waals surface area contributed by atoms with Gasteiger partial charge in [0.15, 0.2) is 0 Å². The summed E-state index contributed by atoms with van der Waals surface area (Å²) in [5, 5.41) is 3.11. The molecule has 0 spiro atoms. The van der Waals surface area contributed by atoms with Crippen LogP contribution in [-0.4, -0.2) is 76.8 Å². The Balaban J connectivity index is 1.76. The van der Waals surface area contributed by atoms with Gasteiger partial charge in [-0.1, -0.05) is 13.3 Å². The number of nitrogens with one attached hydrogen (secondary N) is 1. The topological polar surface area (TPSA) is 81.7 Å². The Morgan fingerprint density at radius 1 is 1.17 bits per heavy atom. The summed E-state index contributed by atoms with van der Waals surface area (Å²) in [6.45, 7) is 7.30. The number of rotatable bonds is 6. The number of nitrogens with zero attached hydrogens (tertiary/aromatic N) is 5. The fourth-order valence-electron chi connectivity index (χ4n) is 4.23. The highest BCUT2D eigenvalue weighted by molar-refractivity contribution is 5.78. The van der Waals surface area contributed by atoms with Gasteiger partial charge in [-0.05, 0) is 38.1 Å². The molecule has 2 amide bonds. The van der Waals surface area contributed by atoms with Gasteiger partial charge < -0.3 is 15.1 Å². The highest BCUT2D eigenvalue weighted by Gasteiger charge is 2.30. The van der Waals surface area contributed by atoms with E-state index < -0.39 is 0 Å². The van der Waals surface area contributed by atoms with E-state index in [9.17, 15) is 9.59 Å². The minimum atomic E-state index is 0.00177. The fourth-order valence-corrected chi connectivity index (χ4v) is 4.23. The van der Waals surface area contributed by atoms with Crippen LogP contribution in [0.15, 0.2) is 6.07 Å². The third-order valence-corrected chi connectivity index (χ3v) is 6.38. The third kappa shape index (κ3) is 5.68. The van der Waals surface area contributed by atoms with E-state index in [1.165, 1.54) is 0 Å². The van der Waals surface area contributed by atoms with Gasteiger partial charge in [0.25, 0.3) is 0 Å². The molecule has 0 aliphatic carbocycles. The number of aromatic nitrogens is 2. The zero-order chi connectivity index (χ0) is 21.7. The molecule has 3 heterocycles. The second-order valence-corrected chi connectivity index (χ2v) is 8.77. The molecule has 1 aromatic rings. The van der Waals surface area contributed by atoms with Gasteiger partial charge in [-0.2, -0.15) is 0 Å². The van der Waals surface area contributed by atoms with Crippen molar-refractivity contribution in [2.24, 2.45) is 5.92 Å². The molecule has 1 N–H and O–H groups in total. The van der Waals surface area contributed by atoms with Crippen LogP contribution in [0.1, 0.15) is 63.5 Å². The highest BCUT2D eigenvalue weighted by Crippen LogP contribution is 2.30. The second kappa shape index (κ2) is 10.2. The molecule has 3 rings (SSSR count). The molecule has 0 aromatic carbocycles. The summed E-state index contributed by atoms with van der Waals surface area (Å²) in [5.74, 6) is 2.42. The molecule has 0 saturated carbocycles. The van der Waals surface area contributed by atoms with E-state index in [0.717, 1.165) is 69.1 Å². The van der Waals surface area contributed by atoms with Crippen LogP contribution in [0.5, 0.6) is 0 Å². The molecule has 2 fully saturated rings. The van der Waals surface area contributed by atoms with Gasteiger partial charge in [0, 0.05) is 40.2 Å². The number of carbonyl (C=O) groups is 2. The number of likely N-dealkylation sites (tertiary alicyclic amines) is 2. The summed E-state index contributed by atoms with van der Waals surface area (Å²) in [4.78, 5) is 40.0. The van der Waals surface area contributed by atoms with Crippen molar-refractivity contribution in [3.63, 3.8) is 0 Å². The normalized spacial score (nSPS) is 20.8. The molecule has 8 nitrogen and oxygen atoms in total. The van der Waals surface area contributed by atoms with Crippen LogP contribution >= 0.6 is 0 Å². The Kier molecular flexibility index (Phi) is 7.64. The lowest BCUT2D eigenvalue weighted by Crippen LogP contribution is -2.46. The van der Waals surface area contributed by atoms with Crippen LogP contribution in [0.2, 0.25) is 0 Å². The Morgan fingerprint density at radius 2 is 1.90 bits per heavy atom. The summed E-state index contributed by atoms with van der Waals surface area (Å²) >= 11 is 0. The first-order chi connectivity index (χ1) is 14.4. The Labute approximate surface area is 180 Å². The van der Waals surface area contributed by atoms with E-state index in [2.05, 4.69) is 17.1 Å². The number of hydrogen-bond acceptors (Lipinski definition) is 6. The van der Waals surface area contributed by atoms with E-state index in [0.29, 0.717) is 19.0 Å². The van der Waals surface area contributed by atoms with Gasteiger partial charge >= 0.3 is 0 Å². The molecular formula is C22H36N6O2. The molecule has 1 unspecified atom stereocenters. The molecule has 30 heavy (non-hydrogen) atoms. The summed E-state index contributed by atoms with van der Waals surface area (Å²) in [7, 11) is 3.61. The van der Waals surface area contributed by atoms with Gasteiger partial charge in [-0.15, -0.1) is 0 Å². The lowest BCUT2D eigenvalue weighted by atomic mass is 9.98. The van der Waals surface area contributed by atoms with E-state index >= 15 is 0 Å². The lowest BCUT2D eigenvalue weighted by Gasteiger charge is -2.37. The van der Waals surface area contributed by atoms with E-state index in [1.807, 2.05) is 18.0 Å². The molecule has 1 atom stereocenters. The monoisotopic (exact) mass is 416 g/mol. The van der Waals surface area contributed by atoms with Crippen LogP contribution in [0.4, 0.5) is 5.82 Å². The molecule has 2 aliphatic heterocycles. The molecule has 0 radical (unpaired) electrons. The van der Waals surface area contributed by atoms with Crippen LogP contribution in [0, 0.1) is 5.92 Å². The maximum absolute atomic E-state index is 12.9. The second-order valence-electron chi connectivity index (χ2n) is 8.77. The molecule has 2 saturated heterocycles. The fraction of sp³-hybridized carbons (Fsp3) is 0.727. The molecule has 166 valence electrons. The zero-order valence-electron chi connectivity index (χ0n) is 18.9. The van der Waals surface area contributed by atoms with Crippen LogP contribution in [-0.2, 0) is 16.1 Å². The summed E-state index contributed by atoms with van der Waals surface area (Å²) in [5.41, 5.74) is 0.809. The summed E-state index contributed by atoms with van der Waals surface area (Å²) < 4.78 is 0. The van der Waals surface area contributed by atoms with Crippen LogP contribution in [0.25, 0.3) is 0 Å². The number of anilines is 1. The maximum atomic E-state index is 12.9. The van der Waals surface area contributed by atoms with E-state index in [1.54, 1.807) is 18.9 Å². The first-order valence-corrected chi connectivity index (χ1v) is 11.2. The molecule has 8 heteroatoms. The van der Waals surface area contributed by atoms with Crippen molar-refractivity contribution >= 4 is 17.6 Å². The maximum Gasteiger partial charge on any atom is 0.236 e. The average Bonchev–Trinajstić information content (AvgIpc) is 2.74. The quantitative estimate of drug-likeness (QED) is 0.766. The van der Waals surface area contributed by atoms with Crippen molar-refractivity contribution in [2.45, 2.75) is 58.5 Å². The SMILES string of the molecule is CNc1cc(CN(C)C(C)=O)nc(C2CCCCN2CC(=O)N2CCC(C)CC2)n1. The number of amides is 2. The van der Waals surface area contributed by atoms with Gasteiger partial charge in [0.1, 0.15) is 11.6 Å². The number of hydrogen-bond donors (Lipinski definition) is 1. The Bertz CT molecular complexity index is 747. The predicted molar refractivity (Wildman–Crippen MR) is 117 cm³/mol. The first kappa shape index (κ1) is 22.5. The minimum Gasteiger partial charge on any atom is -0.373 e. The lowest BCUT2D eigenvalue weighted by molar-refractivity contribution is -0.134. The highest BCUT2D eigenvalue weighted by atomic mass is 16.2. The summed E-state index contributed by atoms with van der Waals surface area (Å²) in [6, 6.07) is 1.91. The van der Waals surface area contributed by atoms with Crippen molar-refractivity contribution in [3.05, 3.63) is 17.6 Å². The minimum absolute atomic E-state index is 0.00177. The molecular weight excluding hydrogens is 380 g/mol. The Morgan fingerprint density at radius 3 is 2.57 bits per heavy atom. The first-order valence-electron chi connectivity index (χ1n) is 11.2. The smallest absolute Gasteiger partial charge is 0.236 e. The predicted octanol–water partition coefficient (Wildman–Crippen LogP) is 2.28. The molecule has 0 bridgehead atoms. The molecule has 2 aliphatic rings. The van der Waals surface area contributed by atoms with Crippen molar-refractivity contribution in [1.82, 2.24) is 24.7 Å². The number of piperidine rings is 2. The standard InChI is InChI=1S/C22H36N6O2/c1-16-8-11-27(12-9-16)21(30)15-28-10-6-5-7-19(28)22-24-18(13-20(23-3)25-22)14-26(4)17(2)29/h13,16,19H,5-12,14-15H2,1-4H3,(H,23,24,25). The molecule has 1 aromatic heterocycles. The third-order valence-electron chi connectivity index (χ3n) is 6.38. The zero-order valence-corrected chi connectivity index (χ0v) is 18.9. The largest absolute Gasteiger partial charge is 0.373 e. The Hall–Kier alpha value is -2.22. The van der Waals surface area contributed by atoms with Gasteiger partial charge in [0.05, 0.1) is 24.8 Å². The average molecular weight is 417 g/mol. The van der Waals surface area contributed by atoms with Gasteiger partial charge in [-0.25, -0.2) is 9.97 Å². The van der Waals surface area contributed by atoms with Gasteiger partial charge in [-0.3, -0.25) is 14.5 Å². The van der Waals surface area contributed by atoms with Crippen LogP contribution < -0.4 is 5.32 Å². The number of carbonyl (C=O) groups excluding carboxylic acids is 2. The van der Waals surface area contributed by atoms with E-state index in [-0.39, 0.29) is 17.9 Å². The van der Waals surface area contributed by atoms with E-state index in [4.69, 9.17) is 9.97 Å². The van der Waals surface area contributed by atoms with Crippen LogP contribution in [0.3, 0.4) is 0 Å². The van der Waals surface area contributed by atoms with Crippen molar-refractivity contribution in [3.8, 4) is 0 Å². The van der Waals surface area contributed by atoms with Crippen molar-refractivity contribution < 1.29 is 9.59 Å².